The highest BCUT2D eigenvalue weighted by atomic mass is 15.1. The van der Waals surface area contributed by atoms with E-state index in [1.165, 1.54) is 5.39 Å². The highest BCUT2D eigenvalue weighted by Crippen LogP contribution is 2.20. The Kier molecular flexibility index (Phi) is 4.15. The molecule has 96 valence electrons. The fraction of sp³-hybridized carbons (Fsp3) is 0.400. The van der Waals surface area contributed by atoms with Crippen LogP contribution in [-0.2, 0) is 0 Å². The normalized spacial score (nSPS) is 11.4. The minimum atomic E-state index is 0.584. The maximum Gasteiger partial charge on any atom is 0.0722 e. The first kappa shape index (κ1) is 12.8. The van der Waals surface area contributed by atoms with Crippen LogP contribution in [0.15, 0.2) is 36.5 Å². The molecule has 1 N–H and O–H groups in total. The zero-order valence-electron chi connectivity index (χ0n) is 11.4. The van der Waals surface area contributed by atoms with Gasteiger partial charge >= 0.3 is 0 Å². The maximum absolute atomic E-state index is 4.36. The average molecular weight is 243 g/mol. The molecule has 3 nitrogen and oxygen atoms in total. The second kappa shape index (κ2) is 5.83. The summed E-state index contributed by atoms with van der Waals surface area (Å²) in [7, 11) is 2.15. The Hall–Kier alpha value is -1.61. The van der Waals surface area contributed by atoms with Gasteiger partial charge in [0.25, 0.3) is 0 Å². The van der Waals surface area contributed by atoms with E-state index in [9.17, 15) is 0 Å². The zero-order valence-corrected chi connectivity index (χ0v) is 11.4. The molecule has 0 unspecified atom stereocenters. The van der Waals surface area contributed by atoms with Gasteiger partial charge in [0, 0.05) is 36.4 Å². The molecular weight excluding hydrogens is 222 g/mol. The first-order valence-electron chi connectivity index (χ1n) is 6.46. The van der Waals surface area contributed by atoms with Crippen molar-refractivity contribution in [3.8, 4) is 0 Å². The van der Waals surface area contributed by atoms with Crippen molar-refractivity contribution >= 4 is 16.6 Å². The average Bonchev–Trinajstić information content (AvgIpc) is 2.38. The predicted octanol–water partition coefficient (Wildman–Crippen LogP) is 2.99. The van der Waals surface area contributed by atoms with Gasteiger partial charge in [-0.2, -0.15) is 0 Å². The summed E-state index contributed by atoms with van der Waals surface area (Å²) >= 11 is 0. The molecule has 0 aliphatic carbocycles. The monoisotopic (exact) mass is 243 g/mol. The number of likely N-dealkylation sites (N-methyl/N-ethyl adjacent to an activating group) is 1. The lowest BCUT2D eigenvalue weighted by atomic mass is 10.2. The van der Waals surface area contributed by atoms with E-state index in [1.807, 2.05) is 24.4 Å². The van der Waals surface area contributed by atoms with Gasteiger partial charge in [-0.1, -0.05) is 18.2 Å². The molecule has 0 saturated carbocycles. The van der Waals surface area contributed by atoms with E-state index in [0.29, 0.717) is 6.04 Å². The standard InChI is InChI=1S/C15H21N3/c1-12(2)18(3)11-10-17-15-8-9-16-14-7-5-4-6-13(14)15/h4-9,12H,10-11H2,1-3H3,(H,16,17). The number of nitrogens with zero attached hydrogens (tertiary/aromatic N) is 2. The van der Waals surface area contributed by atoms with E-state index in [1.54, 1.807) is 0 Å². The zero-order chi connectivity index (χ0) is 13.0. The molecule has 1 heterocycles. The number of nitrogens with one attached hydrogen (secondary N) is 1. The number of hydrogen-bond acceptors (Lipinski definition) is 3. The lowest BCUT2D eigenvalue weighted by Gasteiger charge is -2.21. The quantitative estimate of drug-likeness (QED) is 0.875. The molecule has 1 aromatic carbocycles. The van der Waals surface area contributed by atoms with Crippen molar-refractivity contribution in [3.63, 3.8) is 0 Å². The number of rotatable bonds is 5. The van der Waals surface area contributed by atoms with Crippen molar-refractivity contribution in [2.45, 2.75) is 19.9 Å². The smallest absolute Gasteiger partial charge is 0.0722 e. The summed E-state index contributed by atoms with van der Waals surface area (Å²) in [5, 5.41) is 4.68. The fourth-order valence-corrected chi connectivity index (χ4v) is 1.88. The predicted molar refractivity (Wildman–Crippen MR) is 78.0 cm³/mol. The highest BCUT2D eigenvalue weighted by molar-refractivity contribution is 5.90. The number of para-hydroxylation sites is 1. The number of anilines is 1. The first-order chi connectivity index (χ1) is 8.68. The Morgan fingerprint density at radius 1 is 1.22 bits per heavy atom. The molecular formula is C15H21N3. The highest BCUT2D eigenvalue weighted by Gasteiger charge is 2.03. The summed E-state index contributed by atoms with van der Waals surface area (Å²) in [4.78, 5) is 6.69. The maximum atomic E-state index is 4.36. The van der Waals surface area contributed by atoms with E-state index in [-0.39, 0.29) is 0 Å². The molecule has 0 aliphatic rings. The molecule has 0 bridgehead atoms. The van der Waals surface area contributed by atoms with Gasteiger partial charge in [0.15, 0.2) is 0 Å². The number of fused-ring (bicyclic) bond motifs is 1. The SMILES string of the molecule is CC(C)N(C)CCNc1ccnc2ccccc12. The second-order valence-electron chi connectivity index (χ2n) is 4.88. The van der Waals surface area contributed by atoms with Crippen LogP contribution in [0.4, 0.5) is 5.69 Å². The van der Waals surface area contributed by atoms with Crippen molar-refractivity contribution in [3.05, 3.63) is 36.5 Å². The summed E-state index contributed by atoms with van der Waals surface area (Å²) < 4.78 is 0. The van der Waals surface area contributed by atoms with Crippen LogP contribution in [-0.4, -0.2) is 36.1 Å². The van der Waals surface area contributed by atoms with Crippen LogP contribution in [0.5, 0.6) is 0 Å². The molecule has 1 aromatic heterocycles. The van der Waals surface area contributed by atoms with E-state index in [2.05, 4.69) is 48.2 Å². The minimum absolute atomic E-state index is 0.584. The van der Waals surface area contributed by atoms with Gasteiger partial charge in [0.2, 0.25) is 0 Å². The Morgan fingerprint density at radius 2 is 2.00 bits per heavy atom. The first-order valence-corrected chi connectivity index (χ1v) is 6.46. The lowest BCUT2D eigenvalue weighted by Crippen LogP contribution is -2.31. The molecule has 0 fully saturated rings. The van der Waals surface area contributed by atoms with Gasteiger partial charge in [-0.25, -0.2) is 0 Å². The Bertz CT molecular complexity index is 503. The van der Waals surface area contributed by atoms with Crippen molar-refractivity contribution in [1.82, 2.24) is 9.88 Å². The van der Waals surface area contributed by atoms with E-state index in [0.717, 1.165) is 24.3 Å². The van der Waals surface area contributed by atoms with E-state index >= 15 is 0 Å². The van der Waals surface area contributed by atoms with Crippen LogP contribution in [0.25, 0.3) is 10.9 Å². The van der Waals surface area contributed by atoms with Gasteiger partial charge < -0.3 is 10.2 Å². The molecule has 2 aromatic rings. The Balaban J connectivity index is 2.04. The van der Waals surface area contributed by atoms with Crippen LogP contribution in [0.1, 0.15) is 13.8 Å². The van der Waals surface area contributed by atoms with Gasteiger partial charge in [0.05, 0.1) is 5.52 Å². The third-order valence-electron chi connectivity index (χ3n) is 3.31. The molecule has 0 atom stereocenters. The Morgan fingerprint density at radius 3 is 2.78 bits per heavy atom. The molecule has 3 heteroatoms. The lowest BCUT2D eigenvalue weighted by molar-refractivity contribution is 0.284. The van der Waals surface area contributed by atoms with Gasteiger partial charge in [-0.05, 0) is 33.0 Å². The number of aromatic nitrogens is 1. The second-order valence-corrected chi connectivity index (χ2v) is 4.88. The summed E-state index contributed by atoms with van der Waals surface area (Å²) in [6.45, 7) is 6.40. The van der Waals surface area contributed by atoms with Crippen LogP contribution < -0.4 is 5.32 Å². The topological polar surface area (TPSA) is 28.2 Å². The summed E-state index contributed by atoms with van der Waals surface area (Å²) in [6.07, 6.45) is 1.86. The molecule has 0 radical (unpaired) electrons. The largest absolute Gasteiger partial charge is 0.383 e. The van der Waals surface area contributed by atoms with Crippen LogP contribution in [0, 0.1) is 0 Å². The van der Waals surface area contributed by atoms with Gasteiger partial charge in [-0.3, -0.25) is 4.98 Å². The van der Waals surface area contributed by atoms with Crippen LogP contribution in [0.2, 0.25) is 0 Å². The number of benzene rings is 1. The molecule has 18 heavy (non-hydrogen) atoms. The van der Waals surface area contributed by atoms with Gasteiger partial charge in [0.1, 0.15) is 0 Å². The molecule has 0 amide bonds. The minimum Gasteiger partial charge on any atom is -0.383 e. The van der Waals surface area contributed by atoms with Gasteiger partial charge in [-0.15, -0.1) is 0 Å². The molecule has 0 aliphatic heterocycles. The fourth-order valence-electron chi connectivity index (χ4n) is 1.88. The third-order valence-corrected chi connectivity index (χ3v) is 3.31. The van der Waals surface area contributed by atoms with Crippen molar-refractivity contribution in [2.75, 3.05) is 25.5 Å². The Labute approximate surface area is 109 Å². The molecule has 2 rings (SSSR count). The van der Waals surface area contributed by atoms with Crippen LogP contribution in [0.3, 0.4) is 0 Å². The molecule has 0 spiro atoms. The van der Waals surface area contributed by atoms with Crippen molar-refractivity contribution in [1.29, 1.82) is 0 Å². The van der Waals surface area contributed by atoms with Crippen molar-refractivity contribution in [2.24, 2.45) is 0 Å². The number of hydrogen-bond donors (Lipinski definition) is 1. The third kappa shape index (κ3) is 2.99. The molecule has 0 saturated heterocycles. The van der Waals surface area contributed by atoms with E-state index in [4.69, 9.17) is 0 Å². The van der Waals surface area contributed by atoms with Crippen molar-refractivity contribution < 1.29 is 0 Å². The summed E-state index contributed by atoms with van der Waals surface area (Å²) in [6, 6.07) is 10.8. The van der Waals surface area contributed by atoms with E-state index < -0.39 is 0 Å². The summed E-state index contributed by atoms with van der Waals surface area (Å²) in [5.74, 6) is 0. The number of pyridine rings is 1. The summed E-state index contributed by atoms with van der Waals surface area (Å²) in [5.41, 5.74) is 2.21. The van der Waals surface area contributed by atoms with Crippen LogP contribution >= 0.6 is 0 Å².